The first kappa shape index (κ1) is 13.6. The molecule has 2 aliphatic rings. The zero-order valence-electron chi connectivity index (χ0n) is 9.90. The van der Waals surface area contributed by atoms with Gasteiger partial charge in [0.1, 0.15) is 5.76 Å². The number of carbonyl (C=O) groups excluding carboxylic acids is 1. The van der Waals surface area contributed by atoms with E-state index in [0.29, 0.717) is 42.7 Å². The van der Waals surface area contributed by atoms with Gasteiger partial charge < -0.3 is 5.11 Å². The van der Waals surface area contributed by atoms with Gasteiger partial charge in [-0.1, -0.05) is 11.6 Å². The van der Waals surface area contributed by atoms with Crippen LogP contribution >= 0.6 is 23.2 Å². The van der Waals surface area contributed by atoms with Crippen LogP contribution in [0, 0.1) is 0 Å². The summed E-state index contributed by atoms with van der Waals surface area (Å²) >= 11 is 12.0. The van der Waals surface area contributed by atoms with Crippen molar-refractivity contribution in [3.05, 3.63) is 22.4 Å². The third-order valence-electron chi connectivity index (χ3n) is 3.11. The molecule has 0 heterocycles. The Morgan fingerprint density at radius 3 is 2.89 bits per heavy atom. The van der Waals surface area contributed by atoms with E-state index in [9.17, 15) is 9.90 Å². The number of hydrogen-bond donors (Lipinski definition) is 1. The van der Waals surface area contributed by atoms with Crippen molar-refractivity contribution in [2.45, 2.75) is 43.5 Å². The first-order valence-corrected chi connectivity index (χ1v) is 6.86. The van der Waals surface area contributed by atoms with Crippen molar-refractivity contribution in [3.63, 3.8) is 0 Å². The van der Waals surface area contributed by atoms with Gasteiger partial charge in [0.25, 0.3) is 0 Å². The highest BCUT2D eigenvalue weighted by Gasteiger charge is 2.21. The molecular weight excluding hydrogens is 273 g/mol. The molecule has 2 aliphatic carbocycles. The van der Waals surface area contributed by atoms with E-state index < -0.39 is 0 Å². The number of Topliss-reactive ketones (excluding diaryl/α,β-unsaturated/α-hetero) is 1. The lowest BCUT2D eigenvalue weighted by atomic mass is 9.97. The fourth-order valence-electron chi connectivity index (χ4n) is 2.17. The zero-order chi connectivity index (χ0) is 13.1. The first-order chi connectivity index (χ1) is 8.56. The SMILES string of the molecule is O=C1CCCC(O)=C1C=NC1C=C(Cl)CC(Cl)C1. The number of ketones is 1. The minimum Gasteiger partial charge on any atom is -0.512 e. The largest absolute Gasteiger partial charge is 0.512 e. The summed E-state index contributed by atoms with van der Waals surface area (Å²) in [7, 11) is 0. The molecular formula is C13H15Cl2NO2. The van der Waals surface area contributed by atoms with Crippen molar-refractivity contribution in [2.24, 2.45) is 4.99 Å². The molecule has 0 fully saturated rings. The molecule has 2 unspecified atom stereocenters. The van der Waals surface area contributed by atoms with Crippen LogP contribution in [0.3, 0.4) is 0 Å². The van der Waals surface area contributed by atoms with Crippen molar-refractivity contribution in [3.8, 4) is 0 Å². The molecule has 0 saturated carbocycles. The molecule has 0 spiro atoms. The highest BCUT2D eigenvalue weighted by Crippen LogP contribution is 2.27. The first-order valence-electron chi connectivity index (χ1n) is 6.05. The molecule has 2 rings (SSSR count). The zero-order valence-corrected chi connectivity index (χ0v) is 11.4. The summed E-state index contributed by atoms with van der Waals surface area (Å²) in [5.41, 5.74) is 0.336. The molecule has 0 aromatic carbocycles. The van der Waals surface area contributed by atoms with Crippen molar-refractivity contribution in [1.29, 1.82) is 0 Å². The molecule has 98 valence electrons. The molecule has 0 aliphatic heterocycles. The molecule has 0 saturated heterocycles. The third kappa shape index (κ3) is 3.36. The van der Waals surface area contributed by atoms with E-state index in [1.165, 1.54) is 6.21 Å². The van der Waals surface area contributed by atoms with E-state index >= 15 is 0 Å². The van der Waals surface area contributed by atoms with Crippen molar-refractivity contribution in [1.82, 2.24) is 0 Å². The average Bonchev–Trinajstić information content (AvgIpc) is 2.27. The molecule has 0 aromatic heterocycles. The summed E-state index contributed by atoms with van der Waals surface area (Å²) in [5.74, 6) is 0.0964. The van der Waals surface area contributed by atoms with Crippen molar-refractivity contribution < 1.29 is 9.90 Å². The normalized spacial score (nSPS) is 29.9. The Hall–Kier alpha value is -0.800. The second-order valence-corrected chi connectivity index (χ2v) is 5.74. The van der Waals surface area contributed by atoms with E-state index in [4.69, 9.17) is 23.2 Å². The highest BCUT2D eigenvalue weighted by molar-refractivity contribution is 6.31. The Balaban J connectivity index is 2.11. The number of nitrogens with zero attached hydrogens (tertiary/aromatic N) is 1. The number of hydrogen-bond acceptors (Lipinski definition) is 3. The quantitative estimate of drug-likeness (QED) is 0.624. The van der Waals surface area contributed by atoms with Crippen LogP contribution in [-0.4, -0.2) is 28.5 Å². The Bertz CT molecular complexity index is 440. The Morgan fingerprint density at radius 2 is 2.22 bits per heavy atom. The van der Waals surface area contributed by atoms with Gasteiger partial charge in [-0.05, 0) is 25.3 Å². The summed E-state index contributed by atoms with van der Waals surface area (Å²) in [6.45, 7) is 0. The number of allylic oxidation sites excluding steroid dienone is 3. The molecule has 0 radical (unpaired) electrons. The standard InChI is InChI=1S/C13H15Cl2NO2/c14-8-4-9(15)6-10(5-8)16-7-11-12(17)2-1-3-13(11)18/h5,7,9-10,17H,1-4,6H2. The number of halogens is 2. The van der Waals surface area contributed by atoms with Crippen LogP contribution in [0.25, 0.3) is 0 Å². The smallest absolute Gasteiger partial charge is 0.167 e. The summed E-state index contributed by atoms with van der Waals surface area (Å²) in [5, 5.41) is 10.4. The maximum absolute atomic E-state index is 11.6. The highest BCUT2D eigenvalue weighted by atomic mass is 35.5. The molecule has 18 heavy (non-hydrogen) atoms. The maximum atomic E-state index is 11.6. The number of aliphatic hydroxyl groups excluding tert-OH is 1. The Kier molecular flexibility index (Phi) is 4.46. The third-order valence-corrected chi connectivity index (χ3v) is 3.72. The van der Waals surface area contributed by atoms with Crippen molar-refractivity contribution in [2.75, 3.05) is 0 Å². The second kappa shape index (κ2) is 5.89. The topological polar surface area (TPSA) is 49.7 Å². The van der Waals surface area contributed by atoms with Crippen LogP contribution in [0.15, 0.2) is 27.4 Å². The van der Waals surface area contributed by atoms with E-state index in [1.54, 1.807) is 0 Å². The molecule has 0 bridgehead atoms. The van der Waals surface area contributed by atoms with Crippen molar-refractivity contribution >= 4 is 35.2 Å². The van der Waals surface area contributed by atoms with Gasteiger partial charge in [0.2, 0.25) is 0 Å². The van der Waals surface area contributed by atoms with Gasteiger partial charge in [0.05, 0.1) is 11.6 Å². The van der Waals surface area contributed by atoms with Crippen LogP contribution < -0.4 is 0 Å². The van der Waals surface area contributed by atoms with Gasteiger partial charge >= 0.3 is 0 Å². The summed E-state index contributed by atoms with van der Waals surface area (Å²) in [6.07, 6.45) is 6.43. The predicted molar refractivity (Wildman–Crippen MR) is 73.6 cm³/mol. The molecule has 5 heteroatoms. The molecule has 0 aromatic rings. The van der Waals surface area contributed by atoms with E-state index in [2.05, 4.69) is 4.99 Å². The number of alkyl halides is 1. The number of carbonyl (C=O) groups is 1. The monoisotopic (exact) mass is 287 g/mol. The van der Waals surface area contributed by atoms with Crippen LogP contribution in [0.1, 0.15) is 32.1 Å². The minimum absolute atomic E-state index is 0.0192. The van der Waals surface area contributed by atoms with Crippen LogP contribution in [-0.2, 0) is 4.79 Å². The van der Waals surface area contributed by atoms with Gasteiger partial charge in [-0.25, -0.2) is 0 Å². The van der Waals surface area contributed by atoms with Crippen LogP contribution in [0.2, 0.25) is 0 Å². The van der Waals surface area contributed by atoms with E-state index in [1.807, 2.05) is 6.08 Å². The van der Waals surface area contributed by atoms with Gasteiger partial charge in [0, 0.05) is 29.5 Å². The lowest BCUT2D eigenvalue weighted by Gasteiger charge is -2.19. The number of aliphatic imine (C=N–C) groups is 1. The molecule has 0 amide bonds. The van der Waals surface area contributed by atoms with Gasteiger partial charge in [-0.3, -0.25) is 9.79 Å². The fraction of sp³-hybridized carbons (Fsp3) is 0.538. The summed E-state index contributed by atoms with van der Waals surface area (Å²) in [6, 6.07) is -0.108. The molecule has 1 N–H and O–H groups in total. The average molecular weight is 288 g/mol. The molecule has 3 nitrogen and oxygen atoms in total. The number of aliphatic hydroxyl groups is 1. The van der Waals surface area contributed by atoms with E-state index in [0.717, 1.165) is 0 Å². The second-order valence-electron chi connectivity index (χ2n) is 4.63. The lowest BCUT2D eigenvalue weighted by Crippen LogP contribution is -2.18. The van der Waals surface area contributed by atoms with Gasteiger partial charge in [0.15, 0.2) is 5.78 Å². The Labute approximate surface area is 116 Å². The fourth-order valence-corrected chi connectivity index (χ4v) is 2.93. The maximum Gasteiger partial charge on any atom is 0.167 e. The molecule has 2 atom stereocenters. The number of rotatable bonds is 2. The summed E-state index contributed by atoms with van der Waals surface area (Å²) in [4.78, 5) is 15.9. The van der Waals surface area contributed by atoms with Gasteiger partial charge in [-0.15, -0.1) is 11.6 Å². The van der Waals surface area contributed by atoms with Gasteiger partial charge in [-0.2, -0.15) is 0 Å². The van der Waals surface area contributed by atoms with Crippen LogP contribution in [0.5, 0.6) is 0 Å². The Morgan fingerprint density at radius 1 is 1.44 bits per heavy atom. The van der Waals surface area contributed by atoms with Crippen LogP contribution in [0.4, 0.5) is 0 Å². The summed E-state index contributed by atoms with van der Waals surface area (Å²) < 4.78 is 0. The predicted octanol–water partition coefficient (Wildman–Crippen LogP) is 3.51. The van der Waals surface area contributed by atoms with E-state index in [-0.39, 0.29) is 23.0 Å². The lowest BCUT2D eigenvalue weighted by molar-refractivity contribution is -0.115. The minimum atomic E-state index is -0.108.